The average molecular weight is 376 g/mol. The van der Waals surface area contributed by atoms with Gasteiger partial charge in [-0.15, -0.1) is 0 Å². The lowest BCUT2D eigenvalue weighted by molar-refractivity contribution is -0.114. The zero-order chi connectivity index (χ0) is 20.3. The summed E-state index contributed by atoms with van der Waals surface area (Å²) >= 11 is 0. The molecular weight excluding hydrogens is 356 g/mol. The summed E-state index contributed by atoms with van der Waals surface area (Å²) in [5.41, 5.74) is 3.52. The van der Waals surface area contributed by atoms with E-state index < -0.39 is 5.97 Å². The number of fused-ring (bicyclic) bond motifs is 1. The minimum absolute atomic E-state index is 0.192. The Balaban J connectivity index is 1.72. The molecule has 2 aromatic carbocycles. The topological polar surface area (TPSA) is 85.4 Å². The van der Waals surface area contributed by atoms with E-state index in [-0.39, 0.29) is 18.3 Å². The molecule has 0 aliphatic heterocycles. The van der Waals surface area contributed by atoms with Crippen molar-refractivity contribution in [3.05, 3.63) is 70.9 Å². The van der Waals surface area contributed by atoms with Crippen LogP contribution in [0.1, 0.15) is 38.9 Å². The Morgan fingerprint density at radius 1 is 1.00 bits per heavy atom. The number of pyridine rings is 1. The standard InChI is InChI=1S/C22H20N2O4/c1-13-18-6-4-5-7-19(18)23-14(2)21(13)22(27)28-12-20(26)16-8-10-17(11-9-16)24-15(3)25/h4-11H,12H2,1-3H3,(H,24,25). The largest absolute Gasteiger partial charge is 0.454 e. The third kappa shape index (κ3) is 4.06. The van der Waals surface area contributed by atoms with Crippen molar-refractivity contribution in [2.75, 3.05) is 11.9 Å². The highest BCUT2D eigenvalue weighted by atomic mass is 16.5. The number of benzene rings is 2. The Bertz CT molecular complexity index is 1070. The summed E-state index contributed by atoms with van der Waals surface area (Å²) in [7, 11) is 0. The van der Waals surface area contributed by atoms with E-state index in [1.165, 1.54) is 6.92 Å². The number of para-hydroxylation sites is 1. The van der Waals surface area contributed by atoms with E-state index in [1.54, 1.807) is 31.2 Å². The fourth-order valence-corrected chi connectivity index (χ4v) is 3.06. The third-order valence-corrected chi connectivity index (χ3v) is 4.40. The van der Waals surface area contributed by atoms with Crippen molar-refractivity contribution in [2.24, 2.45) is 0 Å². The zero-order valence-corrected chi connectivity index (χ0v) is 15.9. The van der Waals surface area contributed by atoms with Crippen molar-refractivity contribution >= 4 is 34.3 Å². The molecular formula is C22H20N2O4. The number of anilines is 1. The van der Waals surface area contributed by atoms with Crippen LogP contribution in [0.25, 0.3) is 10.9 Å². The van der Waals surface area contributed by atoms with Gasteiger partial charge in [0.1, 0.15) is 0 Å². The number of hydrogen-bond donors (Lipinski definition) is 1. The summed E-state index contributed by atoms with van der Waals surface area (Å²) in [6.45, 7) is 4.63. The monoisotopic (exact) mass is 376 g/mol. The number of Topliss-reactive ketones (excluding diaryl/α,β-unsaturated/α-hetero) is 1. The van der Waals surface area contributed by atoms with Crippen LogP contribution in [0.3, 0.4) is 0 Å². The van der Waals surface area contributed by atoms with E-state index in [0.29, 0.717) is 22.5 Å². The number of ketones is 1. The van der Waals surface area contributed by atoms with Gasteiger partial charge in [-0.05, 0) is 49.7 Å². The molecule has 0 saturated carbocycles. The van der Waals surface area contributed by atoms with Crippen LogP contribution < -0.4 is 5.32 Å². The molecule has 3 aromatic rings. The summed E-state index contributed by atoms with van der Waals surface area (Å²) in [4.78, 5) is 40.4. The smallest absolute Gasteiger partial charge is 0.340 e. The van der Waals surface area contributed by atoms with Gasteiger partial charge in [0, 0.05) is 23.6 Å². The number of esters is 1. The number of nitrogens with zero attached hydrogens (tertiary/aromatic N) is 1. The van der Waals surface area contributed by atoms with Crippen molar-refractivity contribution in [3.8, 4) is 0 Å². The average Bonchev–Trinajstić information content (AvgIpc) is 2.66. The van der Waals surface area contributed by atoms with Crippen LogP contribution in [-0.4, -0.2) is 29.3 Å². The van der Waals surface area contributed by atoms with Crippen LogP contribution in [0.5, 0.6) is 0 Å². The Morgan fingerprint density at radius 3 is 2.36 bits per heavy atom. The number of amides is 1. The second-order valence-electron chi connectivity index (χ2n) is 6.47. The summed E-state index contributed by atoms with van der Waals surface area (Å²) in [5, 5.41) is 3.50. The number of nitrogens with one attached hydrogen (secondary N) is 1. The fourth-order valence-electron chi connectivity index (χ4n) is 3.06. The van der Waals surface area contributed by atoms with E-state index in [9.17, 15) is 14.4 Å². The predicted molar refractivity (Wildman–Crippen MR) is 107 cm³/mol. The van der Waals surface area contributed by atoms with Gasteiger partial charge in [0.15, 0.2) is 12.4 Å². The number of ether oxygens (including phenoxy) is 1. The number of carbonyl (C=O) groups is 3. The molecule has 0 unspecified atom stereocenters. The highest BCUT2D eigenvalue weighted by Gasteiger charge is 2.19. The quantitative estimate of drug-likeness (QED) is 0.540. The number of aromatic nitrogens is 1. The van der Waals surface area contributed by atoms with E-state index >= 15 is 0 Å². The van der Waals surface area contributed by atoms with E-state index in [4.69, 9.17) is 4.74 Å². The molecule has 0 fully saturated rings. The highest BCUT2D eigenvalue weighted by molar-refractivity contribution is 6.02. The molecule has 0 spiro atoms. The first-order chi connectivity index (χ1) is 13.4. The van der Waals surface area contributed by atoms with Gasteiger partial charge >= 0.3 is 5.97 Å². The molecule has 1 N–H and O–H groups in total. The Hall–Kier alpha value is -3.54. The van der Waals surface area contributed by atoms with Gasteiger partial charge in [-0.1, -0.05) is 18.2 Å². The first kappa shape index (κ1) is 19.2. The molecule has 0 aliphatic rings. The summed E-state index contributed by atoms with van der Waals surface area (Å²) in [6, 6.07) is 14.0. The number of carbonyl (C=O) groups excluding carboxylic acids is 3. The van der Waals surface area contributed by atoms with Gasteiger partial charge in [0.2, 0.25) is 5.91 Å². The number of aryl methyl sites for hydroxylation is 2. The first-order valence-electron chi connectivity index (χ1n) is 8.80. The van der Waals surface area contributed by atoms with Gasteiger partial charge in [-0.25, -0.2) is 4.79 Å². The fraction of sp³-hybridized carbons (Fsp3) is 0.182. The zero-order valence-electron chi connectivity index (χ0n) is 15.9. The van der Waals surface area contributed by atoms with Crippen LogP contribution in [0, 0.1) is 13.8 Å². The van der Waals surface area contributed by atoms with Crippen LogP contribution >= 0.6 is 0 Å². The summed E-state index contributed by atoms with van der Waals surface area (Å²) in [5.74, 6) is -1.09. The van der Waals surface area contributed by atoms with Crippen LogP contribution in [0.2, 0.25) is 0 Å². The lowest BCUT2D eigenvalue weighted by Gasteiger charge is -2.12. The van der Waals surface area contributed by atoms with Crippen molar-refractivity contribution in [1.29, 1.82) is 0 Å². The van der Waals surface area contributed by atoms with Crippen molar-refractivity contribution in [1.82, 2.24) is 4.98 Å². The predicted octanol–water partition coefficient (Wildman–Crippen LogP) is 3.85. The van der Waals surface area contributed by atoms with Gasteiger partial charge in [0.25, 0.3) is 0 Å². The molecule has 0 bridgehead atoms. The molecule has 0 saturated heterocycles. The van der Waals surface area contributed by atoms with Crippen molar-refractivity contribution in [2.45, 2.75) is 20.8 Å². The second kappa shape index (κ2) is 8.00. The van der Waals surface area contributed by atoms with E-state index in [2.05, 4.69) is 10.3 Å². The Kier molecular flexibility index (Phi) is 5.49. The number of rotatable bonds is 5. The van der Waals surface area contributed by atoms with Crippen LogP contribution in [0.15, 0.2) is 48.5 Å². The molecule has 0 aliphatic carbocycles. The Morgan fingerprint density at radius 2 is 1.68 bits per heavy atom. The lowest BCUT2D eigenvalue weighted by Crippen LogP contribution is -2.17. The molecule has 3 rings (SSSR count). The molecule has 6 heteroatoms. The van der Waals surface area contributed by atoms with Crippen LogP contribution in [0.4, 0.5) is 5.69 Å². The third-order valence-electron chi connectivity index (χ3n) is 4.40. The molecule has 0 atom stereocenters. The molecule has 1 aromatic heterocycles. The molecule has 1 heterocycles. The summed E-state index contributed by atoms with van der Waals surface area (Å²) < 4.78 is 5.25. The second-order valence-corrected chi connectivity index (χ2v) is 6.47. The lowest BCUT2D eigenvalue weighted by atomic mass is 10.0. The molecule has 142 valence electrons. The Labute approximate surface area is 162 Å². The maximum atomic E-state index is 12.6. The van der Waals surface area contributed by atoms with Gasteiger partial charge < -0.3 is 10.1 Å². The molecule has 1 amide bonds. The SMILES string of the molecule is CC(=O)Nc1ccc(C(=O)COC(=O)c2c(C)nc3ccccc3c2C)cc1. The maximum Gasteiger partial charge on any atom is 0.340 e. The minimum Gasteiger partial charge on any atom is -0.454 e. The number of hydrogen-bond acceptors (Lipinski definition) is 5. The molecule has 6 nitrogen and oxygen atoms in total. The van der Waals surface area contributed by atoms with Crippen LogP contribution in [-0.2, 0) is 9.53 Å². The molecule has 0 radical (unpaired) electrons. The maximum absolute atomic E-state index is 12.6. The molecule has 28 heavy (non-hydrogen) atoms. The van der Waals surface area contributed by atoms with Gasteiger partial charge in [-0.3, -0.25) is 14.6 Å². The first-order valence-corrected chi connectivity index (χ1v) is 8.80. The van der Waals surface area contributed by atoms with Crippen molar-refractivity contribution < 1.29 is 19.1 Å². The van der Waals surface area contributed by atoms with Crippen molar-refractivity contribution in [3.63, 3.8) is 0 Å². The van der Waals surface area contributed by atoms with E-state index in [0.717, 1.165) is 16.5 Å². The normalized spacial score (nSPS) is 10.5. The van der Waals surface area contributed by atoms with Gasteiger partial charge in [0.05, 0.1) is 16.8 Å². The summed E-state index contributed by atoms with van der Waals surface area (Å²) in [6.07, 6.45) is 0. The highest BCUT2D eigenvalue weighted by Crippen LogP contribution is 2.23. The van der Waals surface area contributed by atoms with Gasteiger partial charge in [-0.2, -0.15) is 0 Å². The van der Waals surface area contributed by atoms with E-state index in [1.807, 2.05) is 31.2 Å². The minimum atomic E-state index is -0.573.